The molecule has 1 aliphatic heterocycles. The smallest absolute Gasteiger partial charge is 0.116 e. The van der Waals surface area contributed by atoms with Gasteiger partial charge in [-0.2, -0.15) is 0 Å². The van der Waals surface area contributed by atoms with Crippen molar-refractivity contribution in [1.29, 1.82) is 0 Å². The molecule has 2 heterocycles. The van der Waals surface area contributed by atoms with Crippen molar-refractivity contribution in [3.63, 3.8) is 0 Å². The van der Waals surface area contributed by atoms with E-state index in [9.17, 15) is 0 Å². The van der Waals surface area contributed by atoms with Crippen molar-refractivity contribution < 1.29 is 0 Å². The highest BCUT2D eigenvalue weighted by Gasteiger charge is 2.63. The van der Waals surface area contributed by atoms with Crippen LogP contribution in [0.4, 0.5) is 0 Å². The molecule has 2 aliphatic carbocycles. The van der Waals surface area contributed by atoms with Gasteiger partial charge >= 0.3 is 0 Å². The van der Waals surface area contributed by atoms with Gasteiger partial charge in [-0.3, -0.25) is 4.99 Å². The molecule has 3 nitrogen and oxygen atoms in total. The second kappa shape index (κ2) is 3.57. The van der Waals surface area contributed by atoms with E-state index in [4.69, 9.17) is 4.99 Å². The molecule has 2 unspecified atom stereocenters. The highest BCUT2D eigenvalue weighted by molar-refractivity contribution is 6.16. The average molecular weight is 267 g/mol. The maximum atomic E-state index is 4.92. The van der Waals surface area contributed by atoms with Crippen LogP contribution in [-0.2, 0) is 0 Å². The van der Waals surface area contributed by atoms with Crippen LogP contribution in [0.25, 0.3) is 5.57 Å². The summed E-state index contributed by atoms with van der Waals surface area (Å²) in [7, 11) is 0. The van der Waals surface area contributed by atoms with Gasteiger partial charge in [0.15, 0.2) is 0 Å². The molecule has 2 saturated carbocycles. The van der Waals surface area contributed by atoms with Gasteiger partial charge in [0, 0.05) is 22.4 Å². The first-order chi connectivity index (χ1) is 9.45. The van der Waals surface area contributed by atoms with E-state index in [0.29, 0.717) is 11.3 Å². The van der Waals surface area contributed by atoms with Crippen molar-refractivity contribution in [3.8, 4) is 0 Å². The number of aromatic nitrogens is 2. The van der Waals surface area contributed by atoms with E-state index in [-0.39, 0.29) is 5.41 Å². The van der Waals surface area contributed by atoms with Gasteiger partial charge in [-0.15, -0.1) is 0 Å². The standard InChI is InChI=1S/C17H21N3/c1-10-7-13(20-9-19-10)11-8-18-15-14(11)12-5-6-17(15,4)16(12,2)3/h7,9,12H,5-6,8H2,1-4H3. The van der Waals surface area contributed by atoms with E-state index in [1.54, 1.807) is 6.33 Å². The van der Waals surface area contributed by atoms with Crippen LogP contribution in [-0.4, -0.2) is 22.2 Å². The van der Waals surface area contributed by atoms with E-state index >= 15 is 0 Å². The lowest BCUT2D eigenvalue weighted by atomic mass is 9.70. The van der Waals surface area contributed by atoms with Crippen LogP contribution >= 0.6 is 0 Å². The Bertz CT molecular complexity index is 669. The Morgan fingerprint density at radius 1 is 1.20 bits per heavy atom. The quantitative estimate of drug-likeness (QED) is 0.781. The van der Waals surface area contributed by atoms with Gasteiger partial charge in [-0.1, -0.05) is 20.8 Å². The summed E-state index contributed by atoms with van der Waals surface area (Å²) >= 11 is 0. The van der Waals surface area contributed by atoms with Crippen LogP contribution in [0, 0.1) is 23.7 Å². The highest BCUT2D eigenvalue weighted by Crippen LogP contribution is 2.68. The minimum atomic E-state index is 0.261. The molecular formula is C17H21N3. The molecule has 20 heavy (non-hydrogen) atoms. The molecule has 0 spiro atoms. The van der Waals surface area contributed by atoms with E-state index in [2.05, 4.69) is 36.8 Å². The lowest BCUT2D eigenvalue weighted by Gasteiger charge is -2.33. The van der Waals surface area contributed by atoms with Crippen molar-refractivity contribution >= 4 is 11.3 Å². The van der Waals surface area contributed by atoms with Crippen LogP contribution in [0.5, 0.6) is 0 Å². The Morgan fingerprint density at radius 3 is 2.75 bits per heavy atom. The molecule has 2 bridgehead atoms. The molecule has 104 valence electrons. The van der Waals surface area contributed by atoms with Crippen molar-refractivity contribution in [1.82, 2.24) is 9.97 Å². The van der Waals surface area contributed by atoms with Gasteiger partial charge in [0.05, 0.1) is 12.2 Å². The molecule has 0 radical (unpaired) electrons. The Labute approximate surface area is 120 Å². The molecule has 2 atom stereocenters. The molecule has 0 saturated heterocycles. The summed E-state index contributed by atoms with van der Waals surface area (Å²) in [5.41, 5.74) is 6.95. The first-order valence-electron chi connectivity index (χ1n) is 7.52. The lowest BCUT2D eigenvalue weighted by molar-refractivity contribution is 0.202. The second-order valence-corrected chi connectivity index (χ2v) is 7.25. The van der Waals surface area contributed by atoms with Gasteiger partial charge in [-0.05, 0) is 42.7 Å². The monoisotopic (exact) mass is 267 g/mol. The maximum Gasteiger partial charge on any atom is 0.116 e. The number of fused-ring (bicyclic) bond motifs is 5. The number of aliphatic imine (C=N–C) groups is 1. The molecule has 2 fully saturated rings. The number of rotatable bonds is 1. The van der Waals surface area contributed by atoms with Crippen LogP contribution in [0.2, 0.25) is 0 Å². The van der Waals surface area contributed by atoms with E-state index in [1.165, 1.54) is 29.7 Å². The van der Waals surface area contributed by atoms with Crippen LogP contribution < -0.4 is 0 Å². The molecule has 0 N–H and O–H groups in total. The number of aryl methyl sites for hydroxylation is 1. The summed E-state index contributed by atoms with van der Waals surface area (Å²) in [6, 6.07) is 2.10. The summed E-state index contributed by atoms with van der Waals surface area (Å²) in [4.78, 5) is 13.6. The third kappa shape index (κ3) is 1.24. The fraction of sp³-hybridized carbons (Fsp3) is 0.588. The summed E-state index contributed by atoms with van der Waals surface area (Å²) in [5, 5.41) is 0. The van der Waals surface area contributed by atoms with Gasteiger partial charge in [0.25, 0.3) is 0 Å². The Kier molecular flexibility index (Phi) is 2.19. The second-order valence-electron chi connectivity index (χ2n) is 7.25. The lowest BCUT2D eigenvalue weighted by Crippen LogP contribution is -2.32. The topological polar surface area (TPSA) is 38.1 Å². The molecular weight excluding hydrogens is 246 g/mol. The average Bonchev–Trinajstić information content (AvgIpc) is 2.96. The van der Waals surface area contributed by atoms with Gasteiger partial charge in [0.1, 0.15) is 6.33 Å². The number of hydrogen-bond donors (Lipinski definition) is 0. The third-order valence-corrected chi connectivity index (χ3v) is 6.19. The summed E-state index contributed by atoms with van der Waals surface area (Å²) in [5.74, 6) is 0.652. The van der Waals surface area contributed by atoms with Crippen LogP contribution in [0.15, 0.2) is 23.0 Å². The third-order valence-electron chi connectivity index (χ3n) is 6.19. The minimum absolute atomic E-state index is 0.261. The van der Waals surface area contributed by atoms with Gasteiger partial charge < -0.3 is 0 Å². The highest BCUT2D eigenvalue weighted by atomic mass is 14.9. The summed E-state index contributed by atoms with van der Waals surface area (Å²) in [6.07, 6.45) is 4.25. The first-order valence-corrected chi connectivity index (χ1v) is 7.52. The maximum absolute atomic E-state index is 4.92. The Hall–Kier alpha value is -1.51. The SMILES string of the molecule is Cc1cc(C2=C3C(=NC2)C2(C)CCC3C2(C)C)ncn1. The largest absolute Gasteiger partial charge is 0.284 e. The van der Waals surface area contributed by atoms with Crippen molar-refractivity contribution in [2.75, 3.05) is 6.54 Å². The normalized spacial score (nSPS) is 33.6. The zero-order valence-corrected chi connectivity index (χ0v) is 12.7. The van der Waals surface area contributed by atoms with E-state index < -0.39 is 0 Å². The molecule has 4 rings (SSSR count). The van der Waals surface area contributed by atoms with Gasteiger partial charge in [-0.25, -0.2) is 9.97 Å². The summed E-state index contributed by atoms with van der Waals surface area (Å²) < 4.78 is 0. The van der Waals surface area contributed by atoms with Crippen molar-refractivity contribution in [3.05, 3.63) is 29.4 Å². The molecule has 0 amide bonds. The van der Waals surface area contributed by atoms with Crippen molar-refractivity contribution in [2.24, 2.45) is 21.7 Å². The fourth-order valence-corrected chi connectivity index (χ4v) is 4.59. The van der Waals surface area contributed by atoms with E-state index in [1.807, 2.05) is 6.92 Å². The Balaban J connectivity index is 1.90. The predicted molar refractivity (Wildman–Crippen MR) is 80.6 cm³/mol. The number of allylic oxidation sites excluding steroid dienone is 1. The zero-order valence-electron chi connectivity index (χ0n) is 12.7. The first kappa shape index (κ1) is 12.2. The van der Waals surface area contributed by atoms with Crippen LogP contribution in [0.3, 0.4) is 0 Å². The number of nitrogens with zero attached hydrogens (tertiary/aromatic N) is 3. The van der Waals surface area contributed by atoms with Crippen molar-refractivity contribution in [2.45, 2.75) is 40.5 Å². The number of hydrogen-bond acceptors (Lipinski definition) is 3. The van der Waals surface area contributed by atoms with Crippen LogP contribution in [0.1, 0.15) is 45.0 Å². The predicted octanol–water partition coefficient (Wildman–Crippen LogP) is 3.45. The van der Waals surface area contributed by atoms with E-state index in [0.717, 1.165) is 17.9 Å². The molecule has 1 aromatic rings. The minimum Gasteiger partial charge on any atom is -0.284 e. The fourth-order valence-electron chi connectivity index (χ4n) is 4.59. The summed E-state index contributed by atoms with van der Waals surface area (Å²) in [6.45, 7) is 10.1. The zero-order chi connectivity index (χ0) is 14.1. The molecule has 3 aliphatic rings. The molecule has 0 aromatic carbocycles. The Morgan fingerprint density at radius 2 is 2.00 bits per heavy atom. The molecule has 1 aromatic heterocycles. The van der Waals surface area contributed by atoms with Gasteiger partial charge in [0.2, 0.25) is 0 Å². The molecule has 3 heteroatoms.